The monoisotopic (exact) mass is 924 g/mol. The van der Waals surface area contributed by atoms with Gasteiger partial charge in [-0.2, -0.15) is 0 Å². The highest BCUT2D eigenvalue weighted by Crippen LogP contribution is 2.37. The lowest BCUT2D eigenvalue weighted by Crippen LogP contribution is -2.17. The van der Waals surface area contributed by atoms with Crippen LogP contribution in [-0.2, 0) is 13.1 Å². The minimum atomic E-state index is 0.213. The summed E-state index contributed by atoms with van der Waals surface area (Å²) in [5.41, 5.74) is 12.3. The quantitative estimate of drug-likeness (QED) is 0.130. The number of aryl methyl sites for hydroxylation is 4. The Kier molecular flexibility index (Phi) is 12.1. The van der Waals surface area contributed by atoms with Gasteiger partial charge in [-0.15, -0.1) is 10.2 Å². The summed E-state index contributed by atoms with van der Waals surface area (Å²) >= 11 is 0. The normalized spacial score (nSPS) is 15.1. The number of aromatic nitrogens is 12. The maximum atomic E-state index is 5.59. The molecule has 0 saturated carbocycles. The van der Waals surface area contributed by atoms with Crippen molar-refractivity contribution in [1.29, 1.82) is 0 Å². The molecular weight excluding hydrogens is 873 g/mol. The van der Waals surface area contributed by atoms with Crippen molar-refractivity contribution in [1.82, 2.24) is 58.6 Å². The smallest absolute Gasteiger partial charge is 0.238 e. The van der Waals surface area contributed by atoms with Gasteiger partial charge in [0.25, 0.3) is 0 Å². The predicted molar refractivity (Wildman–Crippen MR) is 269 cm³/mol. The van der Waals surface area contributed by atoms with Crippen molar-refractivity contribution in [2.24, 2.45) is 0 Å². The molecule has 0 amide bonds. The largest absolute Gasteiger partial charge is 0.479 e. The molecule has 12 rings (SSSR count). The van der Waals surface area contributed by atoms with E-state index in [0.29, 0.717) is 34.8 Å². The van der Waals surface area contributed by atoms with Crippen LogP contribution in [0.5, 0.6) is 11.8 Å². The Morgan fingerprint density at radius 2 is 0.857 bits per heavy atom. The van der Waals surface area contributed by atoms with Gasteiger partial charge in [0, 0.05) is 37.3 Å². The molecule has 0 fully saturated rings. The summed E-state index contributed by atoms with van der Waals surface area (Å²) in [6.07, 6.45) is 11.6. The molecule has 0 unspecified atom stereocenters. The van der Waals surface area contributed by atoms with Crippen molar-refractivity contribution in [3.05, 3.63) is 193 Å². The van der Waals surface area contributed by atoms with E-state index in [9.17, 15) is 0 Å². The molecule has 14 heteroatoms. The standard InChI is InChI=1S/2C28H26N6O/c2*1-19-17-33(18-29-19)25-15-14-24(30-28(25)35-2)26-31-27-23(9-6-16-34(27)32-26)22-12-10-21(11-13-22)20-7-4-3-5-8-20/h2*3-5,7-8,10-15,17-18,23H,6,9,16H2,1-2H3/t2*23-/m10/s1. The number of hydrogen-bond acceptors (Lipinski definition) is 10. The van der Waals surface area contributed by atoms with Gasteiger partial charge in [0.05, 0.1) is 38.3 Å². The average Bonchev–Trinajstić information content (AvgIpc) is 4.26. The van der Waals surface area contributed by atoms with Crippen LogP contribution in [0.1, 0.15) is 71.7 Å². The molecule has 6 aromatic heterocycles. The molecule has 2 aliphatic rings. The molecule has 2 atom stereocenters. The zero-order valence-electron chi connectivity index (χ0n) is 39.6. The number of ether oxygens (including phenoxy) is 2. The first-order chi connectivity index (χ1) is 34.4. The SMILES string of the molecule is COc1nc(-c2nc3n(n2)CCC[C@@H]3c2ccc(-c3ccccc3)cc2)ccc1-n1cnc(C)c1.COc1nc(-c2nc3n(n2)CCC[C@H]3c2ccc(-c3ccccc3)cc2)ccc1-n1cnc(C)c1. The third-order valence-corrected chi connectivity index (χ3v) is 13.1. The summed E-state index contributed by atoms with van der Waals surface area (Å²) < 4.78 is 19.1. The Hall–Kier alpha value is -8.52. The highest BCUT2D eigenvalue weighted by atomic mass is 16.5. The minimum absolute atomic E-state index is 0.213. The van der Waals surface area contributed by atoms with Crippen LogP contribution in [0, 0.1) is 13.8 Å². The maximum absolute atomic E-state index is 5.59. The lowest BCUT2D eigenvalue weighted by Gasteiger charge is -2.22. The van der Waals surface area contributed by atoms with Gasteiger partial charge in [0.15, 0.2) is 11.6 Å². The van der Waals surface area contributed by atoms with Gasteiger partial charge in [-0.3, -0.25) is 0 Å². The second kappa shape index (κ2) is 19.2. The lowest BCUT2D eigenvalue weighted by atomic mass is 9.90. The molecule has 0 N–H and O–H groups in total. The zero-order chi connectivity index (χ0) is 47.6. The topological polar surface area (TPSA) is 141 Å². The fraction of sp³-hybridized carbons (Fsp3) is 0.214. The van der Waals surface area contributed by atoms with E-state index >= 15 is 0 Å². The fourth-order valence-electron chi connectivity index (χ4n) is 9.54. The average molecular weight is 925 g/mol. The first-order valence-corrected chi connectivity index (χ1v) is 23.7. The Balaban J connectivity index is 0.000000152. The first kappa shape index (κ1) is 44.0. The van der Waals surface area contributed by atoms with E-state index in [2.05, 4.69) is 107 Å². The van der Waals surface area contributed by atoms with Gasteiger partial charge >= 0.3 is 0 Å². The van der Waals surface area contributed by atoms with Gasteiger partial charge in [-0.25, -0.2) is 39.3 Å². The van der Waals surface area contributed by atoms with E-state index < -0.39 is 0 Å². The van der Waals surface area contributed by atoms with Crippen molar-refractivity contribution >= 4 is 0 Å². The summed E-state index contributed by atoms with van der Waals surface area (Å²) in [7, 11) is 3.25. The highest BCUT2D eigenvalue weighted by Gasteiger charge is 2.29. The van der Waals surface area contributed by atoms with Gasteiger partial charge in [0.1, 0.15) is 34.4 Å². The van der Waals surface area contributed by atoms with Crippen LogP contribution in [0.25, 0.3) is 56.7 Å². The van der Waals surface area contributed by atoms with Crippen LogP contribution in [0.2, 0.25) is 0 Å². The highest BCUT2D eigenvalue weighted by molar-refractivity contribution is 5.65. The molecular formula is C56H52N12O2. The summed E-state index contributed by atoms with van der Waals surface area (Å²) in [6.45, 7) is 5.64. The van der Waals surface area contributed by atoms with Crippen molar-refractivity contribution in [3.63, 3.8) is 0 Å². The first-order valence-electron chi connectivity index (χ1n) is 23.7. The lowest BCUT2D eigenvalue weighted by molar-refractivity contribution is 0.396. The Bertz CT molecular complexity index is 3170. The molecule has 0 spiro atoms. The maximum Gasteiger partial charge on any atom is 0.238 e. The number of benzene rings is 4. The van der Waals surface area contributed by atoms with Crippen LogP contribution in [-0.4, -0.2) is 72.8 Å². The molecule has 0 saturated heterocycles. The number of rotatable bonds is 10. The number of fused-ring (bicyclic) bond motifs is 2. The van der Waals surface area contributed by atoms with E-state index in [0.717, 1.165) is 73.2 Å². The Morgan fingerprint density at radius 1 is 0.457 bits per heavy atom. The fourth-order valence-corrected chi connectivity index (χ4v) is 9.54. The summed E-state index contributed by atoms with van der Waals surface area (Å²) in [5.74, 6) is 4.69. The van der Waals surface area contributed by atoms with E-state index in [4.69, 9.17) is 39.6 Å². The predicted octanol–water partition coefficient (Wildman–Crippen LogP) is 10.9. The van der Waals surface area contributed by atoms with E-state index in [1.54, 1.807) is 26.9 Å². The molecule has 0 aliphatic carbocycles. The number of pyridine rings is 2. The molecule has 2 aliphatic heterocycles. The second-order valence-electron chi connectivity index (χ2n) is 17.7. The van der Waals surface area contributed by atoms with Gasteiger partial charge in [-0.05, 0) is 97.2 Å². The number of nitrogens with zero attached hydrogens (tertiary/aromatic N) is 12. The summed E-state index contributed by atoms with van der Waals surface area (Å²) in [4.78, 5) is 28.0. The van der Waals surface area contributed by atoms with Gasteiger partial charge in [0.2, 0.25) is 11.8 Å². The number of imidazole rings is 2. The van der Waals surface area contributed by atoms with Crippen LogP contribution < -0.4 is 9.47 Å². The molecule has 348 valence electrons. The second-order valence-corrected chi connectivity index (χ2v) is 17.7. The number of methoxy groups -OCH3 is 2. The van der Waals surface area contributed by atoms with Crippen molar-refractivity contribution in [3.8, 4) is 68.4 Å². The van der Waals surface area contributed by atoms with E-state index in [-0.39, 0.29) is 11.8 Å². The molecule has 70 heavy (non-hydrogen) atoms. The molecule has 8 heterocycles. The van der Waals surface area contributed by atoms with Crippen LogP contribution in [0.4, 0.5) is 0 Å². The van der Waals surface area contributed by atoms with E-state index in [1.165, 1.54) is 33.4 Å². The molecule has 14 nitrogen and oxygen atoms in total. The van der Waals surface area contributed by atoms with Crippen LogP contribution in [0.15, 0.2) is 159 Å². The molecule has 4 aromatic carbocycles. The van der Waals surface area contributed by atoms with Gasteiger partial charge in [-0.1, -0.05) is 109 Å². The zero-order valence-corrected chi connectivity index (χ0v) is 39.6. The minimum Gasteiger partial charge on any atom is -0.479 e. The molecule has 0 radical (unpaired) electrons. The molecule has 10 aromatic rings. The Morgan fingerprint density at radius 3 is 1.23 bits per heavy atom. The van der Waals surface area contributed by atoms with Crippen molar-refractivity contribution in [2.75, 3.05) is 14.2 Å². The van der Waals surface area contributed by atoms with Crippen LogP contribution in [0.3, 0.4) is 0 Å². The van der Waals surface area contributed by atoms with Crippen molar-refractivity contribution < 1.29 is 9.47 Å². The van der Waals surface area contributed by atoms with Crippen molar-refractivity contribution in [2.45, 2.75) is 64.5 Å². The Labute approximate surface area is 406 Å². The third-order valence-electron chi connectivity index (χ3n) is 13.1. The number of hydrogen-bond donors (Lipinski definition) is 0. The van der Waals surface area contributed by atoms with Crippen LogP contribution >= 0.6 is 0 Å². The molecule has 0 bridgehead atoms. The summed E-state index contributed by atoms with van der Waals surface area (Å²) in [5, 5.41) is 9.62. The van der Waals surface area contributed by atoms with Gasteiger partial charge < -0.3 is 18.6 Å². The van der Waals surface area contributed by atoms with E-state index in [1.807, 2.05) is 81.1 Å². The third kappa shape index (κ3) is 8.86. The summed E-state index contributed by atoms with van der Waals surface area (Å²) in [6, 6.07) is 46.4.